The minimum absolute atomic E-state index is 0.179. The van der Waals surface area contributed by atoms with Crippen molar-refractivity contribution in [3.05, 3.63) is 57.0 Å². The molecule has 1 atom stereocenters. The average molecular weight is 310 g/mol. The lowest BCUT2D eigenvalue weighted by molar-refractivity contribution is 0.576. The average Bonchev–Trinajstić information content (AvgIpc) is 3.18. The molecule has 1 N–H and O–H groups in total. The largest absolute Gasteiger partial charge is 0.313 e. The lowest BCUT2D eigenvalue weighted by atomic mass is 9.95. The van der Waals surface area contributed by atoms with Gasteiger partial charge >= 0.3 is 0 Å². The lowest BCUT2D eigenvalue weighted by Crippen LogP contribution is -2.24. The summed E-state index contributed by atoms with van der Waals surface area (Å²) in [5.41, 5.74) is 1.18. The molecular weight excluding hydrogens is 293 g/mol. The summed E-state index contributed by atoms with van der Waals surface area (Å²) in [6.07, 6.45) is 3.50. The molecule has 0 aliphatic heterocycles. The molecule has 0 radical (unpaired) electrons. The van der Waals surface area contributed by atoms with Crippen LogP contribution >= 0.6 is 22.9 Å². The first-order valence-electron chi connectivity index (χ1n) is 6.94. The summed E-state index contributed by atoms with van der Waals surface area (Å²) in [6.45, 7) is 0.936. The van der Waals surface area contributed by atoms with Gasteiger partial charge in [0, 0.05) is 23.4 Å². The van der Waals surface area contributed by atoms with E-state index in [0.717, 1.165) is 17.3 Å². The molecular formula is C16H17ClFNS. The van der Waals surface area contributed by atoms with Crippen molar-refractivity contribution in [2.24, 2.45) is 0 Å². The summed E-state index contributed by atoms with van der Waals surface area (Å²) < 4.78 is 13.9. The Morgan fingerprint density at radius 3 is 2.55 bits per heavy atom. The van der Waals surface area contributed by atoms with Crippen LogP contribution in [0.3, 0.4) is 0 Å². The summed E-state index contributed by atoms with van der Waals surface area (Å²) >= 11 is 7.63. The van der Waals surface area contributed by atoms with E-state index in [2.05, 4.69) is 11.4 Å². The van der Waals surface area contributed by atoms with E-state index >= 15 is 0 Å². The number of thiophene rings is 1. The molecule has 0 amide bonds. The van der Waals surface area contributed by atoms with E-state index in [1.54, 1.807) is 23.5 Å². The van der Waals surface area contributed by atoms with Crippen LogP contribution in [-0.4, -0.2) is 12.6 Å². The Hall–Kier alpha value is -0.900. The van der Waals surface area contributed by atoms with Crippen LogP contribution in [0.15, 0.2) is 36.4 Å². The van der Waals surface area contributed by atoms with Crippen molar-refractivity contribution in [2.75, 3.05) is 6.54 Å². The second-order valence-corrected chi connectivity index (χ2v) is 7.14. The zero-order valence-corrected chi connectivity index (χ0v) is 12.7. The predicted molar refractivity (Wildman–Crippen MR) is 83.2 cm³/mol. The fourth-order valence-electron chi connectivity index (χ4n) is 2.34. The Morgan fingerprint density at radius 1 is 1.20 bits per heavy atom. The highest BCUT2D eigenvalue weighted by molar-refractivity contribution is 7.16. The van der Waals surface area contributed by atoms with E-state index in [1.807, 2.05) is 18.2 Å². The highest BCUT2D eigenvalue weighted by Crippen LogP contribution is 2.29. The molecule has 3 rings (SSSR count). The van der Waals surface area contributed by atoms with E-state index < -0.39 is 0 Å². The normalized spacial score (nSPS) is 16.3. The lowest BCUT2D eigenvalue weighted by Gasteiger charge is -2.17. The Labute approximate surface area is 127 Å². The van der Waals surface area contributed by atoms with E-state index in [0.29, 0.717) is 12.0 Å². The minimum atomic E-state index is -0.179. The molecule has 20 heavy (non-hydrogen) atoms. The van der Waals surface area contributed by atoms with E-state index in [9.17, 15) is 4.39 Å². The van der Waals surface area contributed by atoms with Gasteiger partial charge in [-0.3, -0.25) is 0 Å². The Bertz CT molecular complexity index is 562. The van der Waals surface area contributed by atoms with Crippen LogP contribution in [0.1, 0.15) is 29.2 Å². The monoisotopic (exact) mass is 309 g/mol. The highest BCUT2D eigenvalue weighted by atomic mass is 35.5. The van der Waals surface area contributed by atoms with Gasteiger partial charge in [0.1, 0.15) is 5.82 Å². The van der Waals surface area contributed by atoms with Gasteiger partial charge in [0.05, 0.1) is 4.34 Å². The third-order valence-corrected chi connectivity index (χ3v) is 4.90. The predicted octanol–water partition coefficient (Wildman–Crippen LogP) is 4.62. The second kappa shape index (κ2) is 6.25. The maximum atomic E-state index is 13.1. The molecule has 0 spiro atoms. The van der Waals surface area contributed by atoms with Gasteiger partial charge in [-0.1, -0.05) is 23.7 Å². The quantitative estimate of drug-likeness (QED) is 0.821. The molecule has 0 bridgehead atoms. The van der Waals surface area contributed by atoms with Gasteiger partial charge in [0.2, 0.25) is 0 Å². The van der Waals surface area contributed by atoms with Crippen molar-refractivity contribution in [1.82, 2.24) is 5.32 Å². The summed E-state index contributed by atoms with van der Waals surface area (Å²) in [5.74, 6) is 0.188. The first-order valence-corrected chi connectivity index (χ1v) is 8.13. The molecule has 2 aromatic rings. The molecule has 106 valence electrons. The molecule has 1 aliphatic carbocycles. The second-order valence-electron chi connectivity index (χ2n) is 5.34. The van der Waals surface area contributed by atoms with E-state index in [1.165, 1.54) is 23.3 Å². The van der Waals surface area contributed by atoms with Crippen LogP contribution in [0.5, 0.6) is 0 Å². The molecule has 1 saturated carbocycles. The summed E-state index contributed by atoms with van der Waals surface area (Å²) in [6, 6.07) is 11.6. The van der Waals surface area contributed by atoms with Gasteiger partial charge < -0.3 is 5.32 Å². The topological polar surface area (TPSA) is 12.0 Å². The highest BCUT2D eigenvalue weighted by Gasteiger charge is 2.23. The number of nitrogens with one attached hydrogen (secondary N) is 1. The summed E-state index contributed by atoms with van der Waals surface area (Å²) in [4.78, 5) is 1.28. The fraction of sp³-hybridized carbons (Fsp3) is 0.375. The van der Waals surface area contributed by atoms with Crippen molar-refractivity contribution in [3.8, 4) is 0 Å². The molecule has 1 unspecified atom stereocenters. The standard InChI is InChI=1S/C16H17ClFNS/c17-16-8-7-15(20-16)9-12(10-19-14-5-6-14)11-1-3-13(18)4-2-11/h1-4,7-8,12,14,19H,5-6,9-10H2. The molecule has 4 heteroatoms. The van der Waals surface area contributed by atoms with Crippen LogP contribution in [0.25, 0.3) is 0 Å². The van der Waals surface area contributed by atoms with Crippen molar-refractivity contribution in [1.29, 1.82) is 0 Å². The van der Waals surface area contributed by atoms with Gasteiger partial charge in [-0.15, -0.1) is 11.3 Å². The number of halogens is 2. The molecule has 1 heterocycles. The van der Waals surface area contributed by atoms with Crippen LogP contribution < -0.4 is 5.32 Å². The summed E-state index contributed by atoms with van der Waals surface area (Å²) in [7, 11) is 0. The minimum Gasteiger partial charge on any atom is -0.313 e. The third kappa shape index (κ3) is 3.81. The number of hydrogen-bond donors (Lipinski definition) is 1. The van der Waals surface area contributed by atoms with Crippen molar-refractivity contribution >= 4 is 22.9 Å². The zero-order valence-electron chi connectivity index (χ0n) is 11.1. The molecule has 1 aromatic heterocycles. The smallest absolute Gasteiger partial charge is 0.123 e. The van der Waals surface area contributed by atoms with Gasteiger partial charge in [-0.25, -0.2) is 4.39 Å². The maximum absolute atomic E-state index is 13.1. The summed E-state index contributed by atoms with van der Waals surface area (Å²) in [5, 5.41) is 3.57. The van der Waals surface area contributed by atoms with Crippen molar-refractivity contribution in [3.63, 3.8) is 0 Å². The molecule has 1 fully saturated rings. The van der Waals surface area contributed by atoms with Crippen LogP contribution in [-0.2, 0) is 6.42 Å². The molecule has 0 saturated heterocycles. The fourth-order valence-corrected chi connectivity index (χ4v) is 3.51. The number of rotatable bonds is 6. The Kier molecular flexibility index (Phi) is 4.39. The van der Waals surface area contributed by atoms with Gasteiger partial charge in [-0.05, 0) is 49.1 Å². The van der Waals surface area contributed by atoms with Crippen LogP contribution in [0.2, 0.25) is 4.34 Å². The van der Waals surface area contributed by atoms with Gasteiger partial charge in [0.15, 0.2) is 0 Å². The van der Waals surface area contributed by atoms with Gasteiger partial charge in [0.25, 0.3) is 0 Å². The van der Waals surface area contributed by atoms with Crippen molar-refractivity contribution < 1.29 is 4.39 Å². The van der Waals surface area contributed by atoms with Crippen molar-refractivity contribution in [2.45, 2.75) is 31.2 Å². The van der Waals surface area contributed by atoms with E-state index in [4.69, 9.17) is 11.6 Å². The number of hydrogen-bond acceptors (Lipinski definition) is 2. The third-order valence-electron chi connectivity index (χ3n) is 3.65. The first kappa shape index (κ1) is 14.1. The van der Waals surface area contributed by atoms with E-state index in [-0.39, 0.29) is 5.82 Å². The molecule has 1 nitrogen and oxygen atoms in total. The zero-order chi connectivity index (χ0) is 13.9. The Morgan fingerprint density at radius 2 is 1.95 bits per heavy atom. The van der Waals surface area contributed by atoms with Crippen LogP contribution in [0.4, 0.5) is 4.39 Å². The Balaban J connectivity index is 1.73. The maximum Gasteiger partial charge on any atom is 0.123 e. The SMILES string of the molecule is Fc1ccc(C(CNC2CC2)Cc2ccc(Cl)s2)cc1. The van der Waals surface area contributed by atoms with Gasteiger partial charge in [-0.2, -0.15) is 0 Å². The molecule has 1 aromatic carbocycles. The molecule has 1 aliphatic rings. The first-order chi connectivity index (χ1) is 9.70. The van der Waals surface area contributed by atoms with Crippen LogP contribution in [0, 0.1) is 5.82 Å². The number of benzene rings is 1.